The smallest absolute Gasteiger partial charge is 0.325 e. The van der Waals surface area contributed by atoms with Gasteiger partial charge in [-0.2, -0.15) is 0 Å². The number of rotatable bonds is 7. The Balaban J connectivity index is 1.41. The topological polar surface area (TPSA) is 75.7 Å². The van der Waals surface area contributed by atoms with Gasteiger partial charge in [0.05, 0.1) is 13.7 Å². The van der Waals surface area contributed by atoms with Gasteiger partial charge in [-0.25, -0.2) is 4.79 Å². The molecule has 0 saturated carbocycles. The lowest BCUT2D eigenvalue weighted by Crippen LogP contribution is -2.44. The van der Waals surface area contributed by atoms with E-state index in [1.807, 2.05) is 36.4 Å². The highest BCUT2D eigenvalue weighted by Gasteiger charge is 2.47. The number of carbonyl (C=O) groups is 3. The Morgan fingerprint density at radius 1 is 1.10 bits per heavy atom. The highest BCUT2D eigenvalue weighted by molar-refractivity contribution is 6.11. The van der Waals surface area contributed by atoms with Crippen LogP contribution >= 0.6 is 0 Å². The molecule has 0 aromatic heterocycles. The number of benzene rings is 2. The number of hydrogen-bond acceptors (Lipinski definition) is 4. The van der Waals surface area contributed by atoms with Gasteiger partial charge in [-0.15, -0.1) is 0 Å². The molecule has 3 amide bonds. The number of ketones is 1. The van der Waals surface area contributed by atoms with Gasteiger partial charge < -0.3 is 10.1 Å². The zero-order valence-corrected chi connectivity index (χ0v) is 17.4. The number of ether oxygens (including phenoxy) is 1. The highest BCUT2D eigenvalue weighted by atomic mass is 16.5. The predicted octanol–water partition coefficient (Wildman–Crippen LogP) is 3.31. The van der Waals surface area contributed by atoms with Crippen LogP contribution in [-0.4, -0.2) is 41.8 Å². The van der Waals surface area contributed by atoms with Crippen LogP contribution in [0.4, 0.5) is 4.79 Å². The summed E-state index contributed by atoms with van der Waals surface area (Å²) < 4.78 is 5.16. The van der Waals surface area contributed by atoms with E-state index in [1.54, 1.807) is 20.1 Å². The molecule has 30 heavy (non-hydrogen) atoms. The molecule has 2 aromatic carbocycles. The van der Waals surface area contributed by atoms with E-state index in [2.05, 4.69) is 5.32 Å². The van der Waals surface area contributed by atoms with Gasteiger partial charge >= 0.3 is 6.03 Å². The highest BCUT2D eigenvalue weighted by Crippen LogP contribution is 2.26. The van der Waals surface area contributed by atoms with Crippen molar-refractivity contribution >= 4 is 17.7 Å². The first kappa shape index (κ1) is 20.1. The van der Waals surface area contributed by atoms with Crippen LogP contribution < -0.4 is 10.1 Å². The minimum absolute atomic E-state index is 0.215. The number of aryl methyl sites for hydroxylation is 3. The fraction of sp³-hybridized carbons (Fsp3) is 0.375. The maximum absolute atomic E-state index is 13.0. The molecular weight excluding hydrogens is 380 g/mol. The Hall–Kier alpha value is -3.15. The molecule has 1 atom stereocenters. The summed E-state index contributed by atoms with van der Waals surface area (Å²) in [5, 5.41) is 2.78. The lowest BCUT2D eigenvalue weighted by atomic mass is 9.93. The molecule has 1 heterocycles. The molecule has 1 aliphatic carbocycles. The Bertz CT molecular complexity index is 999. The molecule has 1 unspecified atom stereocenters. The van der Waals surface area contributed by atoms with Crippen molar-refractivity contribution in [1.82, 2.24) is 10.2 Å². The molecule has 2 aromatic rings. The van der Waals surface area contributed by atoms with Gasteiger partial charge in [0.1, 0.15) is 11.3 Å². The first-order chi connectivity index (χ1) is 14.4. The second-order valence-corrected chi connectivity index (χ2v) is 8.26. The predicted molar refractivity (Wildman–Crippen MR) is 113 cm³/mol. The van der Waals surface area contributed by atoms with Crippen molar-refractivity contribution in [2.75, 3.05) is 13.7 Å². The van der Waals surface area contributed by atoms with Crippen LogP contribution in [0.3, 0.4) is 0 Å². The molecule has 2 aliphatic rings. The summed E-state index contributed by atoms with van der Waals surface area (Å²) in [6.45, 7) is 1.48. The minimum atomic E-state index is -1.02. The van der Waals surface area contributed by atoms with E-state index in [0.29, 0.717) is 18.4 Å². The molecule has 0 spiro atoms. The van der Waals surface area contributed by atoms with Gasteiger partial charge in [0.2, 0.25) is 0 Å². The van der Waals surface area contributed by atoms with E-state index in [4.69, 9.17) is 4.74 Å². The van der Waals surface area contributed by atoms with Crippen molar-refractivity contribution < 1.29 is 19.1 Å². The zero-order valence-electron chi connectivity index (χ0n) is 17.4. The summed E-state index contributed by atoms with van der Waals surface area (Å²) in [5.74, 6) is 0.203. The molecule has 1 fully saturated rings. The molecular formula is C24H26N2O4. The fourth-order valence-corrected chi connectivity index (χ4v) is 4.23. The van der Waals surface area contributed by atoms with Crippen LogP contribution in [0.2, 0.25) is 0 Å². The molecule has 6 heteroatoms. The summed E-state index contributed by atoms with van der Waals surface area (Å²) in [4.78, 5) is 39.3. The molecule has 0 radical (unpaired) electrons. The molecule has 0 bridgehead atoms. The van der Waals surface area contributed by atoms with Gasteiger partial charge in [0, 0.05) is 5.56 Å². The van der Waals surface area contributed by atoms with E-state index in [0.717, 1.165) is 35.5 Å². The standard InChI is InChI=1S/C24H26N2O4/c1-24(13-12-16-6-10-20(30-2)11-7-16)22(28)26(23(29)25-24)15-21(27)19-9-8-17-4-3-5-18(17)14-19/h6-11,14H,3-5,12-13,15H2,1-2H3,(H,25,29). The van der Waals surface area contributed by atoms with Crippen molar-refractivity contribution in [3.8, 4) is 5.75 Å². The number of Topliss-reactive ketones (excluding diaryl/α,β-unsaturated/α-hetero) is 1. The van der Waals surface area contributed by atoms with E-state index >= 15 is 0 Å². The lowest BCUT2D eigenvalue weighted by molar-refractivity contribution is -0.130. The molecule has 1 aliphatic heterocycles. The molecule has 6 nitrogen and oxygen atoms in total. The van der Waals surface area contributed by atoms with Crippen molar-refractivity contribution in [3.63, 3.8) is 0 Å². The molecule has 156 valence electrons. The van der Waals surface area contributed by atoms with Crippen molar-refractivity contribution in [1.29, 1.82) is 0 Å². The van der Waals surface area contributed by atoms with Gasteiger partial charge in [-0.05, 0) is 73.9 Å². The summed E-state index contributed by atoms with van der Waals surface area (Å²) in [7, 11) is 1.61. The van der Waals surface area contributed by atoms with Crippen LogP contribution in [-0.2, 0) is 24.1 Å². The first-order valence-corrected chi connectivity index (χ1v) is 10.3. The Morgan fingerprint density at radius 3 is 2.57 bits per heavy atom. The normalized spacial score (nSPS) is 20.3. The minimum Gasteiger partial charge on any atom is -0.497 e. The number of nitrogens with one attached hydrogen (secondary N) is 1. The average molecular weight is 406 g/mol. The van der Waals surface area contributed by atoms with Crippen molar-refractivity contribution in [2.45, 2.75) is 44.6 Å². The second kappa shape index (κ2) is 7.94. The van der Waals surface area contributed by atoms with Gasteiger partial charge in [-0.1, -0.05) is 24.3 Å². The lowest BCUT2D eigenvalue weighted by Gasteiger charge is -2.21. The number of imide groups is 1. The Labute approximate surface area is 176 Å². The molecule has 1 saturated heterocycles. The summed E-state index contributed by atoms with van der Waals surface area (Å²) in [6, 6.07) is 12.8. The maximum Gasteiger partial charge on any atom is 0.325 e. The fourth-order valence-electron chi connectivity index (χ4n) is 4.23. The number of fused-ring (bicyclic) bond motifs is 1. The molecule has 1 N–H and O–H groups in total. The van der Waals surface area contributed by atoms with Crippen LogP contribution in [0.1, 0.15) is 46.8 Å². The molecule has 4 rings (SSSR count). The third-order valence-electron chi connectivity index (χ3n) is 6.14. The van der Waals surface area contributed by atoms with E-state index in [-0.39, 0.29) is 18.2 Å². The van der Waals surface area contributed by atoms with Crippen LogP contribution in [0.15, 0.2) is 42.5 Å². The Kier molecular flexibility index (Phi) is 5.33. The number of hydrogen-bond donors (Lipinski definition) is 1. The summed E-state index contributed by atoms with van der Waals surface area (Å²) >= 11 is 0. The van der Waals surface area contributed by atoms with Crippen molar-refractivity contribution in [3.05, 3.63) is 64.7 Å². The van der Waals surface area contributed by atoms with Gasteiger partial charge in [-0.3, -0.25) is 14.5 Å². The third-order valence-corrected chi connectivity index (χ3v) is 6.14. The number of urea groups is 1. The summed E-state index contributed by atoms with van der Waals surface area (Å²) in [5.41, 5.74) is 3.07. The van der Waals surface area contributed by atoms with Crippen LogP contribution in [0.5, 0.6) is 5.75 Å². The average Bonchev–Trinajstić information content (AvgIpc) is 3.30. The Morgan fingerprint density at radius 2 is 1.83 bits per heavy atom. The van der Waals surface area contributed by atoms with E-state index in [9.17, 15) is 14.4 Å². The van der Waals surface area contributed by atoms with Gasteiger partial charge in [0.25, 0.3) is 5.91 Å². The number of carbonyl (C=O) groups excluding carboxylic acids is 3. The monoisotopic (exact) mass is 406 g/mol. The quantitative estimate of drug-likeness (QED) is 0.565. The summed E-state index contributed by atoms with van der Waals surface area (Å²) in [6.07, 6.45) is 4.20. The van der Waals surface area contributed by atoms with E-state index in [1.165, 1.54) is 11.1 Å². The van der Waals surface area contributed by atoms with E-state index < -0.39 is 11.6 Å². The van der Waals surface area contributed by atoms with Crippen molar-refractivity contribution in [2.24, 2.45) is 0 Å². The first-order valence-electron chi connectivity index (χ1n) is 10.3. The van der Waals surface area contributed by atoms with Gasteiger partial charge in [0.15, 0.2) is 5.78 Å². The number of nitrogens with zero attached hydrogens (tertiary/aromatic N) is 1. The SMILES string of the molecule is COc1ccc(CCC2(C)NC(=O)N(CC(=O)c3ccc4c(c3)CCC4)C2=O)cc1. The number of amides is 3. The van der Waals surface area contributed by atoms with Crippen LogP contribution in [0, 0.1) is 0 Å². The third kappa shape index (κ3) is 3.82. The largest absolute Gasteiger partial charge is 0.497 e. The van der Waals surface area contributed by atoms with Crippen LogP contribution in [0.25, 0.3) is 0 Å². The maximum atomic E-state index is 13.0. The number of methoxy groups -OCH3 is 1. The zero-order chi connectivity index (χ0) is 21.3. The second-order valence-electron chi connectivity index (χ2n) is 8.26.